The molecular weight excluding hydrogens is 310 g/mol. The third-order valence-electron chi connectivity index (χ3n) is 3.97. The summed E-state index contributed by atoms with van der Waals surface area (Å²) in [5, 5.41) is 4.02. The molecule has 4 rings (SSSR count). The fraction of sp³-hybridized carbons (Fsp3) is 0.235. The topological polar surface area (TPSA) is 85.5 Å². The van der Waals surface area contributed by atoms with Crippen LogP contribution < -0.4 is 0 Å². The molecule has 0 N–H and O–H groups in total. The first-order valence-corrected chi connectivity index (χ1v) is 7.67. The Kier molecular flexibility index (Phi) is 3.74. The van der Waals surface area contributed by atoms with Gasteiger partial charge in [0.15, 0.2) is 11.6 Å². The van der Waals surface area contributed by atoms with Crippen LogP contribution in [0.4, 0.5) is 0 Å². The maximum Gasteiger partial charge on any atom is 0.293 e. The maximum atomic E-state index is 12.2. The van der Waals surface area contributed by atoms with E-state index < -0.39 is 0 Å². The molecule has 1 saturated heterocycles. The average Bonchev–Trinajstić information content (AvgIpc) is 3.40. The SMILES string of the molecule is O=C(/C=C/c1ccco1)N1CC[C@@H](c2noc(-c3ccco3)n2)C1. The van der Waals surface area contributed by atoms with E-state index in [0.717, 1.165) is 6.42 Å². The van der Waals surface area contributed by atoms with E-state index in [1.807, 2.05) is 0 Å². The number of rotatable bonds is 4. The molecule has 0 saturated carbocycles. The molecule has 1 fully saturated rings. The van der Waals surface area contributed by atoms with E-state index in [0.29, 0.717) is 36.3 Å². The number of amides is 1. The third kappa shape index (κ3) is 2.88. The zero-order valence-corrected chi connectivity index (χ0v) is 12.8. The second kappa shape index (κ2) is 6.19. The van der Waals surface area contributed by atoms with Crippen LogP contribution in [-0.2, 0) is 4.79 Å². The monoisotopic (exact) mass is 325 g/mol. The van der Waals surface area contributed by atoms with E-state index >= 15 is 0 Å². The fourth-order valence-electron chi connectivity index (χ4n) is 2.72. The smallest absolute Gasteiger partial charge is 0.293 e. The molecule has 7 nitrogen and oxygen atoms in total. The minimum absolute atomic E-state index is 0.0522. The summed E-state index contributed by atoms with van der Waals surface area (Å²) in [4.78, 5) is 18.4. The Morgan fingerprint density at radius 2 is 2.12 bits per heavy atom. The summed E-state index contributed by atoms with van der Waals surface area (Å²) in [5.74, 6) is 2.17. The molecular formula is C17H15N3O4. The standard InChI is InChI=1S/C17H15N3O4/c21-15(6-5-13-3-1-9-22-13)20-8-7-12(11-20)16-18-17(24-19-16)14-4-2-10-23-14/h1-6,9-10,12H,7-8,11H2/b6-5+/t12-/m1/s1. The van der Waals surface area contributed by atoms with Crippen LogP contribution in [0.15, 0.2) is 56.2 Å². The lowest BCUT2D eigenvalue weighted by molar-refractivity contribution is -0.125. The van der Waals surface area contributed by atoms with Crippen molar-refractivity contribution in [3.05, 3.63) is 54.5 Å². The summed E-state index contributed by atoms with van der Waals surface area (Å²) in [6.45, 7) is 1.23. The van der Waals surface area contributed by atoms with Gasteiger partial charge in [0.1, 0.15) is 5.76 Å². The molecule has 3 aromatic heterocycles. The molecule has 24 heavy (non-hydrogen) atoms. The van der Waals surface area contributed by atoms with Crippen LogP contribution in [0.2, 0.25) is 0 Å². The molecule has 1 aliphatic heterocycles. The largest absolute Gasteiger partial charge is 0.465 e. The second-order valence-electron chi connectivity index (χ2n) is 5.55. The van der Waals surface area contributed by atoms with E-state index in [2.05, 4.69) is 10.1 Å². The van der Waals surface area contributed by atoms with Crippen molar-refractivity contribution in [3.8, 4) is 11.7 Å². The Morgan fingerprint density at radius 3 is 2.92 bits per heavy atom. The Morgan fingerprint density at radius 1 is 1.25 bits per heavy atom. The van der Waals surface area contributed by atoms with Crippen LogP contribution in [0.1, 0.15) is 23.9 Å². The van der Waals surface area contributed by atoms with Gasteiger partial charge in [-0.25, -0.2) is 0 Å². The molecule has 1 amide bonds. The summed E-state index contributed by atoms with van der Waals surface area (Å²) >= 11 is 0. The first-order valence-electron chi connectivity index (χ1n) is 7.67. The van der Waals surface area contributed by atoms with Gasteiger partial charge in [0.2, 0.25) is 5.91 Å². The van der Waals surface area contributed by atoms with Crippen molar-refractivity contribution in [2.45, 2.75) is 12.3 Å². The molecule has 1 atom stereocenters. The van der Waals surface area contributed by atoms with Crippen LogP contribution in [0, 0.1) is 0 Å². The molecule has 4 heterocycles. The quantitative estimate of drug-likeness (QED) is 0.686. The molecule has 0 radical (unpaired) electrons. The fourth-order valence-corrected chi connectivity index (χ4v) is 2.72. The molecule has 3 aromatic rings. The number of aromatic nitrogens is 2. The van der Waals surface area contributed by atoms with E-state index in [9.17, 15) is 4.79 Å². The third-order valence-corrected chi connectivity index (χ3v) is 3.97. The minimum Gasteiger partial charge on any atom is -0.465 e. The molecule has 1 aliphatic rings. The van der Waals surface area contributed by atoms with Gasteiger partial charge in [0, 0.05) is 25.1 Å². The number of hydrogen-bond donors (Lipinski definition) is 0. The summed E-state index contributed by atoms with van der Waals surface area (Å²) in [6, 6.07) is 7.11. The van der Waals surface area contributed by atoms with Gasteiger partial charge < -0.3 is 18.3 Å². The summed E-state index contributed by atoms with van der Waals surface area (Å²) in [5.41, 5.74) is 0. The van der Waals surface area contributed by atoms with Crippen molar-refractivity contribution in [1.29, 1.82) is 0 Å². The number of hydrogen-bond acceptors (Lipinski definition) is 6. The van der Waals surface area contributed by atoms with Gasteiger partial charge in [-0.1, -0.05) is 5.16 Å². The lowest BCUT2D eigenvalue weighted by Gasteiger charge is -2.12. The summed E-state index contributed by atoms with van der Waals surface area (Å²) < 4.78 is 15.6. The van der Waals surface area contributed by atoms with E-state index in [1.54, 1.807) is 47.8 Å². The van der Waals surface area contributed by atoms with E-state index in [4.69, 9.17) is 13.4 Å². The predicted octanol–water partition coefficient (Wildman–Crippen LogP) is 2.95. The number of likely N-dealkylation sites (tertiary alicyclic amines) is 1. The zero-order valence-electron chi connectivity index (χ0n) is 12.8. The Bertz CT molecular complexity index is 833. The highest BCUT2D eigenvalue weighted by Gasteiger charge is 2.30. The van der Waals surface area contributed by atoms with Crippen molar-refractivity contribution >= 4 is 12.0 Å². The summed E-state index contributed by atoms with van der Waals surface area (Å²) in [6.07, 6.45) is 7.12. The lowest BCUT2D eigenvalue weighted by Crippen LogP contribution is -2.26. The minimum atomic E-state index is -0.0522. The average molecular weight is 325 g/mol. The van der Waals surface area contributed by atoms with Crippen molar-refractivity contribution < 1.29 is 18.2 Å². The number of carbonyl (C=O) groups excluding carboxylic acids is 1. The highest BCUT2D eigenvalue weighted by molar-refractivity contribution is 5.91. The molecule has 0 spiro atoms. The van der Waals surface area contributed by atoms with E-state index in [1.165, 1.54) is 6.08 Å². The van der Waals surface area contributed by atoms with Gasteiger partial charge in [-0.05, 0) is 36.8 Å². The van der Waals surface area contributed by atoms with Crippen molar-refractivity contribution in [1.82, 2.24) is 15.0 Å². The Labute approximate surface area is 137 Å². The van der Waals surface area contributed by atoms with Gasteiger partial charge in [0.25, 0.3) is 5.89 Å². The van der Waals surface area contributed by atoms with Crippen LogP contribution in [-0.4, -0.2) is 34.0 Å². The lowest BCUT2D eigenvalue weighted by atomic mass is 10.1. The first-order chi connectivity index (χ1) is 11.8. The van der Waals surface area contributed by atoms with E-state index in [-0.39, 0.29) is 11.8 Å². The van der Waals surface area contributed by atoms with Crippen LogP contribution in [0.25, 0.3) is 17.7 Å². The Hall–Kier alpha value is -3.09. The first kappa shape index (κ1) is 14.5. The van der Waals surface area contributed by atoms with Crippen LogP contribution in [0.5, 0.6) is 0 Å². The van der Waals surface area contributed by atoms with Gasteiger partial charge in [-0.15, -0.1) is 0 Å². The number of carbonyl (C=O) groups is 1. The van der Waals surface area contributed by atoms with Gasteiger partial charge in [-0.2, -0.15) is 4.98 Å². The molecule has 0 aliphatic carbocycles. The van der Waals surface area contributed by atoms with Crippen molar-refractivity contribution in [2.24, 2.45) is 0 Å². The maximum absolute atomic E-state index is 12.2. The summed E-state index contributed by atoms with van der Waals surface area (Å²) in [7, 11) is 0. The van der Waals surface area contributed by atoms with Crippen LogP contribution in [0.3, 0.4) is 0 Å². The van der Waals surface area contributed by atoms with Gasteiger partial charge in [0.05, 0.1) is 12.5 Å². The molecule has 7 heteroatoms. The highest BCUT2D eigenvalue weighted by Crippen LogP contribution is 2.27. The molecule has 0 bridgehead atoms. The van der Waals surface area contributed by atoms with Crippen molar-refractivity contribution in [2.75, 3.05) is 13.1 Å². The molecule has 122 valence electrons. The van der Waals surface area contributed by atoms with Gasteiger partial charge in [-0.3, -0.25) is 4.79 Å². The molecule has 0 unspecified atom stereocenters. The Balaban J connectivity index is 1.40. The second-order valence-corrected chi connectivity index (χ2v) is 5.55. The normalized spacial score (nSPS) is 17.8. The zero-order chi connectivity index (χ0) is 16.4. The van der Waals surface area contributed by atoms with Crippen LogP contribution >= 0.6 is 0 Å². The predicted molar refractivity (Wildman–Crippen MR) is 83.7 cm³/mol. The number of nitrogens with zero attached hydrogens (tertiary/aromatic N) is 3. The van der Waals surface area contributed by atoms with Gasteiger partial charge >= 0.3 is 0 Å². The van der Waals surface area contributed by atoms with Crippen molar-refractivity contribution in [3.63, 3.8) is 0 Å². The molecule has 0 aromatic carbocycles. The highest BCUT2D eigenvalue weighted by atomic mass is 16.5. The number of furan rings is 2.